The summed E-state index contributed by atoms with van der Waals surface area (Å²) >= 11 is 0. The third kappa shape index (κ3) is 3.11. The third-order valence-electron chi connectivity index (χ3n) is 3.46. The van der Waals surface area contributed by atoms with Crippen molar-refractivity contribution < 1.29 is 9.13 Å². The Hall–Kier alpha value is -1.25. The molecule has 2 unspecified atom stereocenters. The Bertz CT molecular complexity index is 380. The van der Waals surface area contributed by atoms with Crippen molar-refractivity contribution in [2.24, 2.45) is 5.92 Å². The summed E-state index contributed by atoms with van der Waals surface area (Å²) in [6.07, 6.45) is 4.95. The molecule has 0 aliphatic heterocycles. The van der Waals surface area contributed by atoms with Crippen molar-refractivity contribution in [2.75, 3.05) is 12.4 Å². The highest BCUT2D eigenvalue weighted by atomic mass is 19.1. The molecule has 0 amide bonds. The highest BCUT2D eigenvalue weighted by molar-refractivity contribution is 5.57. The van der Waals surface area contributed by atoms with Gasteiger partial charge in [0.2, 0.25) is 0 Å². The zero-order chi connectivity index (χ0) is 12.3. The summed E-state index contributed by atoms with van der Waals surface area (Å²) < 4.78 is 18.3. The van der Waals surface area contributed by atoms with Gasteiger partial charge in [0.15, 0.2) is 0 Å². The molecular formula is C14H20FNO. The molecule has 1 aromatic rings. The van der Waals surface area contributed by atoms with E-state index in [1.54, 1.807) is 13.2 Å². The lowest BCUT2D eigenvalue weighted by molar-refractivity contribution is 0.356. The number of methoxy groups -OCH3 is 1. The molecule has 2 rings (SSSR count). The van der Waals surface area contributed by atoms with Gasteiger partial charge in [0.05, 0.1) is 12.8 Å². The molecule has 3 heteroatoms. The third-order valence-corrected chi connectivity index (χ3v) is 3.46. The highest BCUT2D eigenvalue weighted by Gasteiger charge is 2.19. The van der Waals surface area contributed by atoms with Crippen molar-refractivity contribution in [2.45, 2.75) is 38.6 Å². The van der Waals surface area contributed by atoms with E-state index >= 15 is 0 Å². The van der Waals surface area contributed by atoms with E-state index in [0.29, 0.717) is 11.8 Å². The van der Waals surface area contributed by atoms with Crippen LogP contribution in [0.2, 0.25) is 0 Å². The first-order valence-corrected chi connectivity index (χ1v) is 6.29. The first-order chi connectivity index (χ1) is 8.19. The molecule has 1 aromatic carbocycles. The molecule has 94 valence electrons. The van der Waals surface area contributed by atoms with Gasteiger partial charge in [0, 0.05) is 12.1 Å². The van der Waals surface area contributed by atoms with Crippen LogP contribution >= 0.6 is 0 Å². The molecule has 1 N–H and O–H groups in total. The molecule has 0 bridgehead atoms. The Kier molecular flexibility index (Phi) is 3.87. The maximum atomic E-state index is 13.1. The van der Waals surface area contributed by atoms with Gasteiger partial charge in [0.1, 0.15) is 11.6 Å². The van der Waals surface area contributed by atoms with Gasteiger partial charge < -0.3 is 10.1 Å². The fourth-order valence-electron chi connectivity index (χ4n) is 2.57. The predicted octanol–water partition coefficient (Wildman–Crippen LogP) is 3.82. The second-order valence-electron chi connectivity index (χ2n) is 4.96. The quantitative estimate of drug-likeness (QED) is 0.862. The topological polar surface area (TPSA) is 21.3 Å². The Labute approximate surface area is 102 Å². The van der Waals surface area contributed by atoms with Gasteiger partial charge in [0.25, 0.3) is 0 Å². The molecule has 1 aliphatic rings. The van der Waals surface area contributed by atoms with Crippen molar-refractivity contribution in [1.29, 1.82) is 0 Å². The summed E-state index contributed by atoms with van der Waals surface area (Å²) in [6, 6.07) is 5.14. The lowest BCUT2D eigenvalue weighted by atomic mass is 9.87. The minimum absolute atomic E-state index is 0.260. The first-order valence-electron chi connectivity index (χ1n) is 6.29. The van der Waals surface area contributed by atoms with Crippen LogP contribution in [-0.4, -0.2) is 13.2 Å². The summed E-state index contributed by atoms with van der Waals surface area (Å²) in [4.78, 5) is 0. The van der Waals surface area contributed by atoms with Crippen LogP contribution in [-0.2, 0) is 0 Å². The van der Waals surface area contributed by atoms with Gasteiger partial charge in [-0.1, -0.05) is 19.8 Å². The molecule has 1 fully saturated rings. The average molecular weight is 237 g/mol. The normalized spacial score (nSPS) is 24.4. The maximum absolute atomic E-state index is 13.1. The van der Waals surface area contributed by atoms with Crippen molar-refractivity contribution in [1.82, 2.24) is 0 Å². The Morgan fingerprint density at radius 3 is 2.88 bits per heavy atom. The van der Waals surface area contributed by atoms with E-state index in [-0.39, 0.29) is 5.82 Å². The van der Waals surface area contributed by atoms with E-state index in [1.165, 1.54) is 37.8 Å². The molecule has 2 atom stereocenters. The standard InChI is InChI=1S/C14H20FNO/c1-10-4-3-5-12(8-10)16-13-7-6-11(15)9-14(13)17-2/h6-7,9-10,12,16H,3-5,8H2,1-2H3. The largest absolute Gasteiger partial charge is 0.494 e. The fourth-order valence-corrected chi connectivity index (χ4v) is 2.57. The smallest absolute Gasteiger partial charge is 0.144 e. The lowest BCUT2D eigenvalue weighted by Crippen LogP contribution is -2.26. The first kappa shape index (κ1) is 12.2. The second kappa shape index (κ2) is 5.39. The number of hydrogen-bond acceptors (Lipinski definition) is 2. The Balaban J connectivity index is 2.07. The van der Waals surface area contributed by atoms with Crippen LogP contribution in [0, 0.1) is 11.7 Å². The molecular weight excluding hydrogens is 217 g/mol. The van der Waals surface area contributed by atoms with Crippen molar-refractivity contribution in [3.05, 3.63) is 24.0 Å². The number of rotatable bonds is 3. The van der Waals surface area contributed by atoms with E-state index in [0.717, 1.165) is 11.6 Å². The molecule has 0 aromatic heterocycles. The summed E-state index contributed by atoms with van der Waals surface area (Å²) in [6.45, 7) is 2.29. The molecule has 1 saturated carbocycles. The second-order valence-corrected chi connectivity index (χ2v) is 4.96. The van der Waals surface area contributed by atoms with Crippen molar-refractivity contribution in [3.8, 4) is 5.75 Å². The number of hydrogen-bond donors (Lipinski definition) is 1. The Morgan fingerprint density at radius 1 is 1.35 bits per heavy atom. The highest BCUT2D eigenvalue weighted by Crippen LogP contribution is 2.30. The zero-order valence-electron chi connectivity index (χ0n) is 10.5. The lowest BCUT2D eigenvalue weighted by Gasteiger charge is -2.28. The predicted molar refractivity (Wildman–Crippen MR) is 68.0 cm³/mol. The molecule has 0 spiro atoms. The van der Waals surface area contributed by atoms with E-state index in [4.69, 9.17) is 4.74 Å². The summed E-state index contributed by atoms with van der Waals surface area (Å²) in [5.74, 6) is 1.10. The molecule has 0 radical (unpaired) electrons. The summed E-state index contributed by atoms with van der Waals surface area (Å²) in [7, 11) is 1.57. The van der Waals surface area contributed by atoms with Crippen LogP contribution in [0.15, 0.2) is 18.2 Å². The molecule has 1 aliphatic carbocycles. The van der Waals surface area contributed by atoms with Crippen LogP contribution in [0.4, 0.5) is 10.1 Å². The van der Waals surface area contributed by atoms with E-state index in [1.807, 2.05) is 0 Å². The number of benzene rings is 1. The molecule has 17 heavy (non-hydrogen) atoms. The van der Waals surface area contributed by atoms with Gasteiger partial charge in [-0.2, -0.15) is 0 Å². The van der Waals surface area contributed by atoms with E-state index < -0.39 is 0 Å². The van der Waals surface area contributed by atoms with Gasteiger partial charge in [-0.3, -0.25) is 0 Å². The summed E-state index contributed by atoms with van der Waals surface area (Å²) in [5, 5.41) is 3.47. The monoisotopic (exact) mass is 237 g/mol. The van der Waals surface area contributed by atoms with Gasteiger partial charge >= 0.3 is 0 Å². The van der Waals surface area contributed by atoms with E-state index in [9.17, 15) is 4.39 Å². The van der Waals surface area contributed by atoms with Crippen LogP contribution in [0.25, 0.3) is 0 Å². The van der Waals surface area contributed by atoms with Crippen LogP contribution in [0.3, 0.4) is 0 Å². The van der Waals surface area contributed by atoms with Crippen LogP contribution < -0.4 is 10.1 Å². The minimum Gasteiger partial charge on any atom is -0.494 e. The van der Waals surface area contributed by atoms with Crippen LogP contribution in [0.1, 0.15) is 32.6 Å². The molecule has 0 saturated heterocycles. The van der Waals surface area contributed by atoms with Crippen LogP contribution in [0.5, 0.6) is 5.75 Å². The molecule has 2 nitrogen and oxygen atoms in total. The SMILES string of the molecule is COc1cc(F)ccc1NC1CCCC(C)C1. The molecule has 0 heterocycles. The van der Waals surface area contributed by atoms with E-state index in [2.05, 4.69) is 12.2 Å². The fraction of sp³-hybridized carbons (Fsp3) is 0.571. The minimum atomic E-state index is -0.260. The van der Waals surface area contributed by atoms with Gasteiger partial charge in [-0.25, -0.2) is 4.39 Å². The van der Waals surface area contributed by atoms with Crippen molar-refractivity contribution >= 4 is 5.69 Å². The zero-order valence-corrected chi connectivity index (χ0v) is 10.5. The number of ether oxygens (including phenoxy) is 1. The number of halogens is 1. The van der Waals surface area contributed by atoms with Crippen molar-refractivity contribution in [3.63, 3.8) is 0 Å². The van der Waals surface area contributed by atoms with Gasteiger partial charge in [-0.15, -0.1) is 0 Å². The van der Waals surface area contributed by atoms with Gasteiger partial charge in [-0.05, 0) is 30.9 Å². The average Bonchev–Trinajstić information content (AvgIpc) is 2.31. The number of nitrogens with one attached hydrogen (secondary N) is 1. The summed E-state index contributed by atoms with van der Waals surface area (Å²) in [5.41, 5.74) is 0.896. The maximum Gasteiger partial charge on any atom is 0.144 e. The number of anilines is 1. The Morgan fingerprint density at radius 2 is 2.18 bits per heavy atom.